The van der Waals surface area contributed by atoms with Gasteiger partial charge in [0, 0.05) is 40.9 Å². The normalized spacial score (nSPS) is 17.3. The summed E-state index contributed by atoms with van der Waals surface area (Å²) in [5.74, 6) is 1.98. The van der Waals surface area contributed by atoms with Crippen LogP contribution in [-0.2, 0) is 0 Å². The topological polar surface area (TPSA) is 0 Å². The highest BCUT2D eigenvalue weighted by atomic mass is 79.9. The van der Waals surface area contributed by atoms with Gasteiger partial charge in [0.1, 0.15) is 5.56 Å². The summed E-state index contributed by atoms with van der Waals surface area (Å²) < 4.78 is 1.15. The maximum atomic E-state index is 3.59. The lowest BCUT2D eigenvalue weighted by molar-refractivity contribution is 0.789. The molecule has 0 saturated carbocycles. The van der Waals surface area contributed by atoms with Crippen molar-refractivity contribution in [2.24, 2.45) is 0 Å². The minimum Gasteiger partial charge on any atom is -0.0543 e. The Bertz CT molecular complexity index is 558. The third kappa shape index (κ3) is 1.69. The zero-order chi connectivity index (χ0) is 12.9. The predicted octanol–water partition coefficient (Wildman–Crippen LogP) is 5.48. The SMILES string of the molecule is Cc1ccc2c(c1)-c1cc(Br)ccc1C(C)[C+]2C. The second-order valence-corrected chi connectivity index (χ2v) is 6.10. The first-order valence-corrected chi connectivity index (χ1v) is 7.11. The Labute approximate surface area is 117 Å². The van der Waals surface area contributed by atoms with Crippen molar-refractivity contribution in [3.8, 4) is 11.1 Å². The molecule has 1 unspecified atom stereocenters. The van der Waals surface area contributed by atoms with Crippen LogP contribution in [-0.4, -0.2) is 0 Å². The first-order valence-electron chi connectivity index (χ1n) is 6.32. The standard InChI is InChI=1S/C17H16Br/c1-10-4-6-14-11(2)12(3)15-7-5-13(18)9-17(15)16(14)8-10/h4-9,12H,1-3H3/q+1. The van der Waals surface area contributed by atoms with Gasteiger partial charge in [0.2, 0.25) is 0 Å². The molecule has 0 saturated heterocycles. The molecule has 90 valence electrons. The van der Waals surface area contributed by atoms with E-state index in [0.29, 0.717) is 5.92 Å². The Balaban J connectivity index is 2.33. The summed E-state index contributed by atoms with van der Waals surface area (Å²) in [6, 6.07) is 13.4. The van der Waals surface area contributed by atoms with Crippen LogP contribution in [0, 0.1) is 12.8 Å². The van der Waals surface area contributed by atoms with Crippen LogP contribution in [0.15, 0.2) is 40.9 Å². The fourth-order valence-corrected chi connectivity index (χ4v) is 3.19. The Morgan fingerprint density at radius 3 is 2.61 bits per heavy atom. The van der Waals surface area contributed by atoms with Crippen molar-refractivity contribution in [3.05, 3.63) is 63.5 Å². The molecular weight excluding hydrogens is 284 g/mol. The summed E-state index contributed by atoms with van der Waals surface area (Å²) in [7, 11) is 0. The summed E-state index contributed by atoms with van der Waals surface area (Å²) in [5, 5.41) is 0. The zero-order valence-electron chi connectivity index (χ0n) is 10.9. The molecule has 2 aromatic carbocycles. The largest absolute Gasteiger partial charge is 0.141 e. The predicted molar refractivity (Wildman–Crippen MR) is 80.7 cm³/mol. The molecule has 3 rings (SSSR count). The summed E-state index contributed by atoms with van der Waals surface area (Å²) in [6.45, 7) is 6.71. The summed E-state index contributed by atoms with van der Waals surface area (Å²) in [6.07, 6.45) is 0. The van der Waals surface area contributed by atoms with Gasteiger partial charge < -0.3 is 0 Å². The molecule has 1 aliphatic rings. The van der Waals surface area contributed by atoms with Crippen molar-refractivity contribution in [1.29, 1.82) is 0 Å². The van der Waals surface area contributed by atoms with E-state index in [1.165, 1.54) is 33.7 Å². The highest BCUT2D eigenvalue weighted by Crippen LogP contribution is 2.46. The van der Waals surface area contributed by atoms with Crippen molar-refractivity contribution < 1.29 is 0 Å². The molecular formula is C17H16Br+. The quantitative estimate of drug-likeness (QED) is 0.565. The second-order valence-electron chi connectivity index (χ2n) is 5.19. The molecule has 0 radical (unpaired) electrons. The van der Waals surface area contributed by atoms with Crippen LogP contribution in [0.2, 0.25) is 0 Å². The van der Waals surface area contributed by atoms with Crippen LogP contribution >= 0.6 is 15.9 Å². The van der Waals surface area contributed by atoms with Crippen LogP contribution in [0.3, 0.4) is 0 Å². The van der Waals surface area contributed by atoms with E-state index in [-0.39, 0.29) is 0 Å². The molecule has 0 spiro atoms. The Morgan fingerprint density at radius 1 is 1.06 bits per heavy atom. The minimum atomic E-state index is 0.503. The molecule has 18 heavy (non-hydrogen) atoms. The van der Waals surface area contributed by atoms with E-state index in [2.05, 4.69) is 73.1 Å². The van der Waals surface area contributed by atoms with E-state index >= 15 is 0 Å². The Kier molecular flexibility index (Phi) is 2.74. The molecule has 0 heterocycles. The van der Waals surface area contributed by atoms with Gasteiger partial charge in [0.15, 0.2) is 0 Å². The lowest BCUT2D eigenvalue weighted by Gasteiger charge is -2.25. The van der Waals surface area contributed by atoms with Crippen molar-refractivity contribution >= 4 is 15.9 Å². The van der Waals surface area contributed by atoms with E-state index in [4.69, 9.17) is 0 Å². The summed E-state index contributed by atoms with van der Waals surface area (Å²) >= 11 is 3.59. The molecule has 0 bridgehead atoms. The van der Waals surface area contributed by atoms with Gasteiger partial charge in [-0.15, -0.1) is 0 Å². The first kappa shape index (κ1) is 11.9. The van der Waals surface area contributed by atoms with Gasteiger partial charge >= 0.3 is 0 Å². The smallest absolute Gasteiger partial charge is 0.0543 e. The average Bonchev–Trinajstić information content (AvgIpc) is 2.36. The average molecular weight is 300 g/mol. The highest BCUT2D eigenvalue weighted by molar-refractivity contribution is 9.10. The van der Waals surface area contributed by atoms with Gasteiger partial charge in [-0.25, -0.2) is 0 Å². The van der Waals surface area contributed by atoms with Gasteiger partial charge in [-0.2, -0.15) is 0 Å². The molecule has 1 atom stereocenters. The first-order chi connectivity index (χ1) is 8.58. The fraction of sp³-hybridized carbons (Fsp3) is 0.235. The summed E-state index contributed by atoms with van der Waals surface area (Å²) in [5.41, 5.74) is 6.91. The second kappa shape index (κ2) is 4.17. The van der Waals surface area contributed by atoms with E-state index in [1.54, 1.807) is 0 Å². The molecule has 0 aliphatic heterocycles. The van der Waals surface area contributed by atoms with E-state index in [0.717, 1.165) is 4.47 Å². The molecule has 0 amide bonds. The third-order valence-electron chi connectivity index (χ3n) is 4.02. The third-order valence-corrected chi connectivity index (χ3v) is 4.51. The van der Waals surface area contributed by atoms with Crippen LogP contribution in [0.4, 0.5) is 0 Å². The number of aryl methyl sites for hydroxylation is 1. The fourth-order valence-electron chi connectivity index (χ4n) is 2.83. The van der Waals surface area contributed by atoms with Gasteiger partial charge in [0.05, 0.1) is 5.56 Å². The van der Waals surface area contributed by atoms with Crippen molar-refractivity contribution in [1.82, 2.24) is 0 Å². The van der Waals surface area contributed by atoms with Gasteiger partial charge in [-0.3, -0.25) is 0 Å². The van der Waals surface area contributed by atoms with Crippen LogP contribution in [0.1, 0.15) is 36.5 Å². The number of rotatable bonds is 0. The molecule has 0 aromatic heterocycles. The van der Waals surface area contributed by atoms with E-state index < -0.39 is 0 Å². The lowest BCUT2D eigenvalue weighted by Crippen LogP contribution is -2.14. The Morgan fingerprint density at radius 2 is 1.83 bits per heavy atom. The van der Waals surface area contributed by atoms with Crippen LogP contribution in [0.25, 0.3) is 11.1 Å². The molecule has 0 fully saturated rings. The van der Waals surface area contributed by atoms with Gasteiger partial charge in [-0.1, -0.05) is 22.0 Å². The number of halogens is 1. The molecule has 1 aliphatic carbocycles. The molecule has 0 nitrogen and oxygen atoms in total. The van der Waals surface area contributed by atoms with Crippen molar-refractivity contribution in [3.63, 3.8) is 0 Å². The number of benzene rings is 2. The Hall–Kier alpha value is -1.21. The number of fused-ring (bicyclic) bond motifs is 3. The highest BCUT2D eigenvalue weighted by Gasteiger charge is 2.34. The van der Waals surface area contributed by atoms with Crippen LogP contribution in [0.5, 0.6) is 0 Å². The van der Waals surface area contributed by atoms with Crippen molar-refractivity contribution in [2.45, 2.75) is 26.7 Å². The van der Waals surface area contributed by atoms with Gasteiger partial charge in [0.25, 0.3) is 0 Å². The van der Waals surface area contributed by atoms with E-state index in [1.807, 2.05) is 0 Å². The zero-order valence-corrected chi connectivity index (χ0v) is 12.5. The molecule has 0 N–H and O–H groups in total. The maximum absolute atomic E-state index is 3.59. The lowest BCUT2D eigenvalue weighted by atomic mass is 9.73. The molecule has 2 aromatic rings. The van der Waals surface area contributed by atoms with Gasteiger partial charge in [-0.05, 0) is 43.2 Å². The molecule has 1 heteroatoms. The maximum Gasteiger partial charge on any atom is 0.141 e. The monoisotopic (exact) mass is 299 g/mol. The van der Waals surface area contributed by atoms with Crippen LogP contribution < -0.4 is 0 Å². The number of hydrogen-bond donors (Lipinski definition) is 0. The van der Waals surface area contributed by atoms with Crippen molar-refractivity contribution in [2.75, 3.05) is 0 Å². The minimum absolute atomic E-state index is 0.503. The summed E-state index contributed by atoms with van der Waals surface area (Å²) in [4.78, 5) is 0. The van der Waals surface area contributed by atoms with E-state index in [9.17, 15) is 0 Å². The number of hydrogen-bond acceptors (Lipinski definition) is 0.